The van der Waals surface area contributed by atoms with Gasteiger partial charge in [0, 0.05) is 18.0 Å². The third-order valence-corrected chi connectivity index (χ3v) is 1.69. The van der Waals surface area contributed by atoms with E-state index in [1.54, 1.807) is 24.5 Å². The molecule has 2 aromatic heterocycles. The highest BCUT2D eigenvalue weighted by Gasteiger charge is 2.13. The van der Waals surface area contributed by atoms with Gasteiger partial charge in [-0.2, -0.15) is 0 Å². The topological polar surface area (TPSA) is 59.2 Å². The van der Waals surface area contributed by atoms with Gasteiger partial charge in [-0.3, -0.25) is 4.98 Å². The van der Waals surface area contributed by atoms with Gasteiger partial charge in [-0.05, 0) is 6.07 Å². The van der Waals surface area contributed by atoms with Crippen LogP contribution in [-0.4, -0.2) is 15.1 Å². The lowest BCUT2D eigenvalue weighted by Crippen LogP contribution is -1.99. The first-order valence-electron chi connectivity index (χ1n) is 3.85. The van der Waals surface area contributed by atoms with E-state index in [2.05, 4.69) is 9.97 Å². The van der Waals surface area contributed by atoms with Crippen LogP contribution >= 0.6 is 0 Å². The van der Waals surface area contributed by atoms with Crippen molar-refractivity contribution in [3.8, 4) is 0 Å². The van der Waals surface area contributed by atoms with E-state index < -0.39 is 6.10 Å². The van der Waals surface area contributed by atoms with Gasteiger partial charge in [0.15, 0.2) is 6.10 Å². The fraction of sp³-hybridized carbons (Fsp3) is 0.111. The molecule has 0 aliphatic heterocycles. The van der Waals surface area contributed by atoms with Crippen molar-refractivity contribution < 1.29 is 9.52 Å². The van der Waals surface area contributed by atoms with Crippen molar-refractivity contribution >= 4 is 0 Å². The molecule has 0 aromatic carbocycles. The summed E-state index contributed by atoms with van der Waals surface area (Å²) < 4.78 is 4.96. The molecule has 2 aromatic rings. The van der Waals surface area contributed by atoms with Gasteiger partial charge in [0.2, 0.25) is 5.89 Å². The second kappa shape index (κ2) is 3.37. The number of aromatic nitrogens is 2. The second-order valence-corrected chi connectivity index (χ2v) is 2.56. The molecule has 1 N–H and O–H groups in total. The lowest BCUT2D eigenvalue weighted by molar-refractivity contribution is 0.182. The Morgan fingerprint density at radius 2 is 2.31 bits per heavy atom. The number of rotatable bonds is 2. The van der Waals surface area contributed by atoms with Crippen LogP contribution in [0.5, 0.6) is 0 Å². The SMILES string of the molecule is OC(c1cccnc1)c1ncco1. The normalized spacial score (nSPS) is 12.7. The molecule has 0 bridgehead atoms. The Hall–Kier alpha value is -1.68. The lowest BCUT2D eigenvalue weighted by Gasteiger charge is -2.04. The smallest absolute Gasteiger partial charge is 0.227 e. The van der Waals surface area contributed by atoms with Gasteiger partial charge < -0.3 is 9.52 Å². The predicted octanol–water partition coefficient (Wildman–Crippen LogP) is 1.15. The Labute approximate surface area is 74.9 Å². The standard InChI is InChI=1S/C9H8N2O2/c12-8(9-11-4-5-13-9)7-2-1-3-10-6-7/h1-6,8,12H. The molecule has 66 valence electrons. The Bertz CT molecular complexity index is 358. The van der Waals surface area contributed by atoms with Crippen LogP contribution < -0.4 is 0 Å². The molecular weight excluding hydrogens is 168 g/mol. The third kappa shape index (κ3) is 1.57. The van der Waals surface area contributed by atoms with Gasteiger partial charge in [0.05, 0.1) is 6.20 Å². The predicted molar refractivity (Wildman–Crippen MR) is 44.8 cm³/mol. The van der Waals surface area contributed by atoms with Crippen LogP contribution in [0.1, 0.15) is 17.6 Å². The highest BCUT2D eigenvalue weighted by atomic mass is 16.4. The minimum Gasteiger partial charge on any atom is -0.446 e. The van der Waals surface area contributed by atoms with Crippen molar-refractivity contribution in [3.63, 3.8) is 0 Å². The molecule has 1 unspecified atom stereocenters. The zero-order valence-electron chi connectivity index (χ0n) is 6.79. The summed E-state index contributed by atoms with van der Waals surface area (Å²) in [6.45, 7) is 0. The molecule has 0 spiro atoms. The van der Waals surface area contributed by atoms with Crippen LogP contribution in [0.2, 0.25) is 0 Å². The van der Waals surface area contributed by atoms with Crippen LogP contribution in [-0.2, 0) is 0 Å². The van der Waals surface area contributed by atoms with E-state index in [9.17, 15) is 5.11 Å². The van der Waals surface area contributed by atoms with E-state index in [-0.39, 0.29) is 5.89 Å². The number of nitrogens with zero attached hydrogens (tertiary/aromatic N) is 2. The Balaban J connectivity index is 2.29. The first-order valence-corrected chi connectivity index (χ1v) is 3.85. The summed E-state index contributed by atoms with van der Waals surface area (Å²) in [6, 6.07) is 3.52. The summed E-state index contributed by atoms with van der Waals surface area (Å²) in [4.78, 5) is 7.73. The van der Waals surface area contributed by atoms with Crippen molar-refractivity contribution in [2.75, 3.05) is 0 Å². The number of hydrogen-bond acceptors (Lipinski definition) is 4. The monoisotopic (exact) mass is 176 g/mol. The lowest BCUT2D eigenvalue weighted by atomic mass is 10.2. The molecule has 0 saturated heterocycles. The quantitative estimate of drug-likeness (QED) is 0.745. The van der Waals surface area contributed by atoms with E-state index in [1.165, 1.54) is 12.5 Å². The highest BCUT2D eigenvalue weighted by Crippen LogP contribution is 2.18. The summed E-state index contributed by atoms with van der Waals surface area (Å²) in [5, 5.41) is 9.68. The largest absolute Gasteiger partial charge is 0.446 e. The molecule has 0 amide bonds. The molecule has 0 radical (unpaired) electrons. The van der Waals surface area contributed by atoms with Crippen molar-refractivity contribution in [3.05, 3.63) is 48.4 Å². The fourth-order valence-corrected chi connectivity index (χ4v) is 1.05. The van der Waals surface area contributed by atoms with Crippen molar-refractivity contribution in [1.29, 1.82) is 0 Å². The molecule has 4 heteroatoms. The molecule has 0 fully saturated rings. The maximum atomic E-state index is 9.68. The summed E-state index contributed by atoms with van der Waals surface area (Å²) in [5.74, 6) is 0.285. The molecular formula is C9H8N2O2. The molecule has 0 aliphatic rings. The molecule has 13 heavy (non-hydrogen) atoms. The summed E-state index contributed by atoms with van der Waals surface area (Å²) in [5.41, 5.74) is 0.671. The number of aliphatic hydroxyl groups is 1. The van der Waals surface area contributed by atoms with Crippen LogP contribution in [0.4, 0.5) is 0 Å². The first kappa shape index (κ1) is 7.94. The summed E-state index contributed by atoms with van der Waals surface area (Å²) in [7, 11) is 0. The van der Waals surface area contributed by atoms with Crippen molar-refractivity contribution in [2.24, 2.45) is 0 Å². The minimum atomic E-state index is -0.830. The van der Waals surface area contributed by atoms with Gasteiger partial charge in [-0.25, -0.2) is 4.98 Å². The van der Waals surface area contributed by atoms with Crippen molar-refractivity contribution in [1.82, 2.24) is 9.97 Å². The fourth-order valence-electron chi connectivity index (χ4n) is 1.05. The number of hydrogen-bond donors (Lipinski definition) is 1. The Kier molecular flexibility index (Phi) is 2.06. The van der Waals surface area contributed by atoms with Gasteiger partial charge in [-0.1, -0.05) is 6.07 Å². The van der Waals surface area contributed by atoms with Crippen LogP contribution in [0.15, 0.2) is 41.4 Å². The zero-order chi connectivity index (χ0) is 9.10. The van der Waals surface area contributed by atoms with Crippen LogP contribution in [0, 0.1) is 0 Å². The average Bonchev–Trinajstić information content (AvgIpc) is 2.71. The maximum Gasteiger partial charge on any atom is 0.227 e. The molecule has 4 nitrogen and oxygen atoms in total. The van der Waals surface area contributed by atoms with Gasteiger partial charge in [0.25, 0.3) is 0 Å². The van der Waals surface area contributed by atoms with Gasteiger partial charge >= 0.3 is 0 Å². The molecule has 2 heterocycles. The van der Waals surface area contributed by atoms with Crippen molar-refractivity contribution in [2.45, 2.75) is 6.10 Å². The van der Waals surface area contributed by atoms with Crippen LogP contribution in [0.3, 0.4) is 0 Å². The number of pyridine rings is 1. The summed E-state index contributed by atoms with van der Waals surface area (Å²) in [6.07, 6.45) is 5.31. The Morgan fingerprint density at radius 3 is 2.92 bits per heavy atom. The average molecular weight is 176 g/mol. The van der Waals surface area contributed by atoms with Gasteiger partial charge in [-0.15, -0.1) is 0 Å². The van der Waals surface area contributed by atoms with Crippen LogP contribution in [0.25, 0.3) is 0 Å². The van der Waals surface area contributed by atoms with E-state index in [0.717, 1.165) is 0 Å². The highest BCUT2D eigenvalue weighted by molar-refractivity contribution is 5.17. The Morgan fingerprint density at radius 1 is 1.38 bits per heavy atom. The molecule has 1 atom stereocenters. The van der Waals surface area contributed by atoms with E-state index in [0.29, 0.717) is 5.56 Å². The molecule has 0 aliphatic carbocycles. The van der Waals surface area contributed by atoms with Gasteiger partial charge in [0.1, 0.15) is 6.26 Å². The third-order valence-electron chi connectivity index (χ3n) is 1.69. The van der Waals surface area contributed by atoms with E-state index in [4.69, 9.17) is 4.42 Å². The van der Waals surface area contributed by atoms with E-state index in [1.807, 2.05) is 0 Å². The second-order valence-electron chi connectivity index (χ2n) is 2.56. The first-order chi connectivity index (χ1) is 6.38. The maximum absolute atomic E-state index is 9.68. The minimum absolute atomic E-state index is 0.285. The number of aliphatic hydroxyl groups excluding tert-OH is 1. The zero-order valence-corrected chi connectivity index (χ0v) is 6.79. The molecule has 2 rings (SSSR count). The number of oxazole rings is 1. The molecule has 0 saturated carbocycles. The summed E-state index contributed by atoms with van der Waals surface area (Å²) >= 11 is 0. The van der Waals surface area contributed by atoms with E-state index >= 15 is 0 Å².